The number of alkyl halides is 1. The number of amides is 1. The normalized spacial score (nSPS) is 19.0. The Balaban J connectivity index is 0.000000290. The maximum atomic E-state index is 13.3. The fourth-order valence-corrected chi connectivity index (χ4v) is 6.73. The van der Waals surface area contributed by atoms with Crippen molar-refractivity contribution in [1.82, 2.24) is 19.8 Å². The summed E-state index contributed by atoms with van der Waals surface area (Å²) in [5, 5.41) is 10.0. The lowest BCUT2D eigenvalue weighted by Gasteiger charge is -2.36. The number of methoxy groups -OCH3 is 1. The molecule has 7 rings (SSSR count). The van der Waals surface area contributed by atoms with Gasteiger partial charge < -0.3 is 14.5 Å². The number of nitriles is 1. The fourth-order valence-electron chi connectivity index (χ4n) is 6.45. The van der Waals surface area contributed by atoms with Crippen molar-refractivity contribution in [3.8, 4) is 23.1 Å². The number of rotatable bonds is 4. The number of hydrogen-bond donors (Lipinski definition) is 0. The number of halogens is 3. The van der Waals surface area contributed by atoms with Crippen molar-refractivity contribution in [2.75, 3.05) is 51.3 Å². The predicted molar refractivity (Wildman–Crippen MR) is 178 cm³/mol. The third-order valence-electron chi connectivity index (χ3n) is 8.57. The van der Waals surface area contributed by atoms with Crippen LogP contribution in [-0.2, 0) is 4.79 Å². The van der Waals surface area contributed by atoms with Crippen LogP contribution in [0.1, 0.15) is 26.2 Å². The number of hydrogen-bond acceptors (Lipinski definition) is 7. The van der Waals surface area contributed by atoms with E-state index in [1.54, 1.807) is 13.2 Å². The minimum Gasteiger partial charge on any atom is -0.481 e. The number of aromatic nitrogens is 2. The largest absolute Gasteiger partial charge is 0.481 e. The molecule has 0 aliphatic carbocycles. The predicted octanol–water partition coefficient (Wildman–Crippen LogP) is 6.97. The molecule has 0 N–H and O–H groups in total. The van der Waals surface area contributed by atoms with Gasteiger partial charge in [-0.2, -0.15) is 5.26 Å². The van der Waals surface area contributed by atoms with E-state index in [9.17, 15) is 13.6 Å². The first-order valence-electron chi connectivity index (χ1n) is 15.3. The summed E-state index contributed by atoms with van der Waals surface area (Å²) in [5.74, 6) is -1.13. The number of anilines is 1. The van der Waals surface area contributed by atoms with Gasteiger partial charge in [-0.1, -0.05) is 48.5 Å². The van der Waals surface area contributed by atoms with Crippen LogP contribution in [0.4, 0.5) is 14.5 Å². The highest BCUT2D eigenvalue weighted by Gasteiger charge is 2.34. The molecule has 2 aromatic carbocycles. The van der Waals surface area contributed by atoms with Crippen LogP contribution >= 0.6 is 11.6 Å². The number of piperazine rings is 1. The zero-order valence-electron chi connectivity index (χ0n) is 26.1. The van der Waals surface area contributed by atoms with Gasteiger partial charge in [-0.05, 0) is 48.9 Å². The van der Waals surface area contributed by atoms with Crippen molar-refractivity contribution in [1.29, 1.82) is 5.26 Å². The number of benzene rings is 2. The van der Waals surface area contributed by atoms with E-state index in [2.05, 4.69) is 21.4 Å². The zero-order valence-corrected chi connectivity index (χ0v) is 26.8. The fraction of sp³-hybridized carbons (Fsp3) is 0.371. The highest BCUT2D eigenvalue weighted by Crippen LogP contribution is 2.36. The van der Waals surface area contributed by atoms with Crippen molar-refractivity contribution in [3.63, 3.8) is 0 Å². The Labute approximate surface area is 272 Å². The molecule has 2 unspecified atom stereocenters. The van der Waals surface area contributed by atoms with Crippen molar-refractivity contribution in [2.45, 2.75) is 38.4 Å². The maximum Gasteiger partial charge on any atom is 0.282 e. The average Bonchev–Trinajstić information content (AvgIpc) is 3.65. The van der Waals surface area contributed by atoms with Crippen LogP contribution < -0.4 is 9.64 Å². The van der Waals surface area contributed by atoms with E-state index >= 15 is 0 Å². The number of nitrogens with zero attached hydrogens (tertiary/aromatic N) is 6. The molecular formula is C35H37ClF2N6O2. The number of carbonyl (C=O) groups excluding carboxylic acids is 1. The van der Waals surface area contributed by atoms with Gasteiger partial charge in [0.1, 0.15) is 11.7 Å². The number of fused-ring (bicyclic) bond motifs is 3. The molecule has 3 saturated heterocycles. The van der Waals surface area contributed by atoms with Crippen LogP contribution in [0, 0.1) is 11.3 Å². The van der Waals surface area contributed by atoms with Gasteiger partial charge in [0.05, 0.1) is 24.4 Å². The average molecular weight is 647 g/mol. The molecule has 0 spiro atoms. The van der Waals surface area contributed by atoms with E-state index in [0.29, 0.717) is 55.2 Å². The molecule has 3 aliphatic rings. The third kappa shape index (κ3) is 7.22. The van der Waals surface area contributed by atoms with Crippen molar-refractivity contribution < 1.29 is 18.3 Å². The van der Waals surface area contributed by atoms with Crippen LogP contribution in [0.3, 0.4) is 0 Å². The Hall–Kier alpha value is -4.33. The first kappa shape index (κ1) is 33.0. The molecule has 1 amide bonds. The minimum atomic E-state index is -0.938. The van der Waals surface area contributed by atoms with Gasteiger partial charge >= 0.3 is 0 Å². The molecule has 0 saturated carbocycles. The lowest BCUT2D eigenvalue weighted by atomic mass is 9.99. The van der Waals surface area contributed by atoms with Crippen LogP contribution in [0.25, 0.3) is 32.9 Å². The summed E-state index contributed by atoms with van der Waals surface area (Å²) in [6.07, 6.45) is 4.64. The van der Waals surface area contributed by atoms with Crippen LogP contribution in [0.5, 0.6) is 5.88 Å². The van der Waals surface area contributed by atoms with Gasteiger partial charge in [0.2, 0.25) is 5.88 Å². The summed E-state index contributed by atoms with van der Waals surface area (Å²) >= 11 is 6.54. The Bertz CT molecular complexity index is 1750. The van der Waals surface area contributed by atoms with Gasteiger partial charge in [0, 0.05) is 73.9 Å². The van der Waals surface area contributed by atoms with Crippen LogP contribution in [-0.4, -0.2) is 84.3 Å². The monoisotopic (exact) mass is 646 g/mol. The maximum absolute atomic E-state index is 13.3. The lowest BCUT2D eigenvalue weighted by Crippen LogP contribution is -2.49. The van der Waals surface area contributed by atoms with Crippen LogP contribution in [0.15, 0.2) is 67.1 Å². The van der Waals surface area contributed by atoms with Gasteiger partial charge in [-0.15, -0.1) is 0 Å². The minimum absolute atomic E-state index is 0.389. The van der Waals surface area contributed by atoms with E-state index in [1.165, 1.54) is 24.7 Å². The second-order valence-corrected chi connectivity index (χ2v) is 11.9. The Morgan fingerprint density at radius 2 is 1.85 bits per heavy atom. The topological polar surface area (TPSA) is 85.6 Å². The first-order valence-corrected chi connectivity index (χ1v) is 15.7. The summed E-state index contributed by atoms with van der Waals surface area (Å²) in [5.41, 5.74) is 4.14. The molecular weight excluding hydrogens is 610 g/mol. The molecule has 3 fully saturated rings. The number of pyridine rings is 2. The molecule has 240 valence electrons. The van der Waals surface area contributed by atoms with Crippen LogP contribution in [0.2, 0.25) is 5.02 Å². The van der Waals surface area contributed by atoms with E-state index in [0.717, 1.165) is 46.1 Å². The zero-order chi connectivity index (χ0) is 32.8. The summed E-state index contributed by atoms with van der Waals surface area (Å²) in [7, 11) is 1.57. The van der Waals surface area contributed by atoms with Crippen molar-refractivity contribution >= 4 is 45.0 Å². The van der Waals surface area contributed by atoms with Gasteiger partial charge in [0.15, 0.2) is 5.83 Å². The SMILES string of the molecule is C=C(F)C(=O)N1CCN(c2cc(OC)nc3cc(-c4cccc5cccc(Cl)c45)cnc23)CC1.CC#N.FC1CC2CCCN2C1. The summed E-state index contributed by atoms with van der Waals surface area (Å²) in [6.45, 7) is 8.24. The second kappa shape index (κ2) is 14.8. The molecule has 4 aromatic rings. The Morgan fingerprint density at radius 3 is 2.52 bits per heavy atom. The van der Waals surface area contributed by atoms with Gasteiger partial charge in [-0.3, -0.25) is 14.7 Å². The quantitative estimate of drug-likeness (QED) is 0.222. The molecule has 3 aliphatic heterocycles. The number of carbonyl (C=O) groups is 1. The lowest BCUT2D eigenvalue weighted by molar-refractivity contribution is -0.128. The molecule has 2 aromatic heterocycles. The van der Waals surface area contributed by atoms with Gasteiger partial charge in [0.25, 0.3) is 5.91 Å². The first-order chi connectivity index (χ1) is 22.2. The van der Waals surface area contributed by atoms with E-state index in [1.807, 2.05) is 54.7 Å². The Kier molecular flexibility index (Phi) is 10.7. The van der Waals surface area contributed by atoms with E-state index in [4.69, 9.17) is 26.6 Å². The molecule has 5 heterocycles. The highest BCUT2D eigenvalue weighted by atomic mass is 35.5. The summed E-state index contributed by atoms with van der Waals surface area (Å²) < 4.78 is 31.3. The molecule has 11 heteroatoms. The van der Waals surface area contributed by atoms with Crippen molar-refractivity contribution in [2.24, 2.45) is 0 Å². The summed E-state index contributed by atoms with van der Waals surface area (Å²) in [6, 6.07) is 18.1. The summed E-state index contributed by atoms with van der Waals surface area (Å²) in [4.78, 5) is 27.2. The smallest absolute Gasteiger partial charge is 0.282 e. The highest BCUT2D eigenvalue weighted by molar-refractivity contribution is 6.36. The van der Waals surface area contributed by atoms with E-state index < -0.39 is 17.9 Å². The third-order valence-corrected chi connectivity index (χ3v) is 8.89. The van der Waals surface area contributed by atoms with Gasteiger partial charge in [-0.25, -0.2) is 13.8 Å². The molecule has 8 nitrogen and oxygen atoms in total. The van der Waals surface area contributed by atoms with E-state index in [-0.39, 0.29) is 0 Å². The molecule has 0 radical (unpaired) electrons. The second-order valence-electron chi connectivity index (χ2n) is 11.5. The molecule has 2 atom stereocenters. The standard InChI is InChI=1S/C26H22ClFN4O2.C7H12FN.C2H3N/c1-16(28)26(33)32-11-9-31(10-12-32)22-14-23(34-2)30-21-13-18(15-29-25(21)22)19-7-3-5-17-6-4-8-20(27)24(17)19;8-6-4-7-2-1-3-9(7)5-6;1-2-3/h3-8,13-15H,1,9-12H2,2H3;6-7H,1-5H2;1H3. The van der Waals surface area contributed by atoms with Crippen molar-refractivity contribution in [3.05, 3.63) is 72.2 Å². The molecule has 46 heavy (non-hydrogen) atoms. The Morgan fingerprint density at radius 1 is 1.13 bits per heavy atom. The number of ether oxygens (including phenoxy) is 1. The molecule has 0 bridgehead atoms.